The molecule has 0 aromatic carbocycles. The van der Waals surface area contributed by atoms with Crippen LogP contribution in [0.3, 0.4) is 0 Å². The third-order valence-electron chi connectivity index (χ3n) is 3.46. The molecule has 1 nitrogen and oxygen atoms in total. The highest BCUT2D eigenvalue weighted by Gasteiger charge is 2.09. The van der Waals surface area contributed by atoms with Gasteiger partial charge in [0.15, 0.2) is 0 Å². The lowest BCUT2D eigenvalue weighted by Crippen LogP contribution is -2.10. The Hall–Kier alpha value is -0.0400. The summed E-state index contributed by atoms with van der Waals surface area (Å²) < 4.78 is 0. The van der Waals surface area contributed by atoms with Gasteiger partial charge in [-0.25, -0.2) is 0 Å². The van der Waals surface area contributed by atoms with Gasteiger partial charge in [0.2, 0.25) is 0 Å². The first-order valence-corrected chi connectivity index (χ1v) is 6.78. The van der Waals surface area contributed by atoms with Crippen molar-refractivity contribution in [2.75, 3.05) is 0 Å². The highest BCUT2D eigenvalue weighted by atomic mass is 16.3. The van der Waals surface area contributed by atoms with Crippen LogP contribution < -0.4 is 0 Å². The monoisotopic (exact) mass is 214 g/mol. The first kappa shape index (κ1) is 15.0. The minimum absolute atomic E-state index is 0.0571. The summed E-state index contributed by atoms with van der Waals surface area (Å²) in [5.41, 5.74) is 0. The molecule has 0 aromatic heterocycles. The Morgan fingerprint density at radius 2 is 1.33 bits per heavy atom. The molecule has 1 N–H and O–H groups in total. The van der Waals surface area contributed by atoms with Crippen molar-refractivity contribution in [3.63, 3.8) is 0 Å². The van der Waals surface area contributed by atoms with Gasteiger partial charge in [0, 0.05) is 0 Å². The van der Waals surface area contributed by atoms with Gasteiger partial charge in [0.1, 0.15) is 0 Å². The SMILES string of the molecule is CCCC(C)CCC(O)CCC(C)CC. The molecule has 0 aliphatic rings. The van der Waals surface area contributed by atoms with E-state index < -0.39 is 0 Å². The predicted molar refractivity (Wildman–Crippen MR) is 68.0 cm³/mol. The Balaban J connectivity index is 3.44. The highest BCUT2D eigenvalue weighted by molar-refractivity contribution is 4.62. The smallest absolute Gasteiger partial charge is 0.0540 e. The molecule has 0 heterocycles. The summed E-state index contributed by atoms with van der Waals surface area (Å²) in [6, 6.07) is 0. The van der Waals surface area contributed by atoms with Gasteiger partial charge in [-0.05, 0) is 37.5 Å². The van der Waals surface area contributed by atoms with Crippen LogP contribution in [0.1, 0.15) is 72.6 Å². The lowest BCUT2D eigenvalue weighted by molar-refractivity contribution is 0.137. The average molecular weight is 214 g/mol. The zero-order chi connectivity index (χ0) is 11.7. The Bertz CT molecular complexity index is 133. The predicted octanol–water partition coefficient (Wildman–Crippen LogP) is 4.39. The van der Waals surface area contributed by atoms with Crippen LogP contribution in [0.25, 0.3) is 0 Å². The van der Waals surface area contributed by atoms with Crippen LogP contribution >= 0.6 is 0 Å². The molecule has 0 spiro atoms. The average Bonchev–Trinajstić information content (AvgIpc) is 2.23. The molecule has 0 rings (SSSR count). The van der Waals surface area contributed by atoms with Crippen molar-refractivity contribution in [2.45, 2.75) is 78.7 Å². The number of hydrogen-bond donors (Lipinski definition) is 1. The fourth-order valence-electron chi connectivity index (χ4n) is 1.94. The summed E-state index contributed by atoms with van der Waals surface area (Å²) >= 11 is 0. The zero-order valence-electron chi connectivity index (χ0n) is 11.1. The summed E-state index contributed by atoms with van der Waals surface area (Å²) in [4.78, 5) is 0. The molecule has 0 saturated heterocycles. The second kappa shape index (κ2) is 9.21. The Labute approximate surface area is 96.3 Å². The number of aliphatic hydroxyl groups excluding tert-OH is 1. The Morgan fingerprint density at radius 1 is 0.800 bits per heavy atom. The van der Waals surface area contributed by atoms with E-state index in [0.29, 0.717) is 0 Å². The van der Waals surface area contributed by atoms with Gasteiger partial charge in [-0.15, -0.1) is 0 Å². The summed E-state index contributed by atoms with van der Waals surface area (Å²) in [6.07, 6.45) is 8.11. The van der Waals surface area contributed by atoms with Crippen molar-refractivity contribution in [2.24, 2.45) is 11.8 Å². The summed E-state index contributed by atoms with van der Waals surface area (Å²) in [5.74, 6) is 1.56. The zero-order valence-corrected chi connectivity index (χ0v) is 11.1. The molecule has 0 radical (unpaired) electrons. The minimum Gasteiger partial charge on any atom is -0.393 e. The molecule has 1 heteroatoms. The molecule has 0 amide bonds. The lowest BCUT2D eigenvalue weighted by atomic mass is 9.94. The summed E-state index contributed by atoms with van der Waals surface area (Å²) in [7, 11) is 0. The van der Waals surface area contributed by atoms with Gasteiger partial charge in [-0.2, -0.15) is 0 Å². The van der Waals surface area contributed by atoms with Gasteiger partial charge >= 0.3 is 0 Å². The quantitative estimate of drug-likeness (QED) is 0.603. The normalized spacial score (nSPS) is 17.4. The second-order valence-electron chi connectivity index (χ2n) is 5.22. The highest BCUT2D eigenvalue weighted by Crippen LogP contribution is 2.18. The van der Waals surface area contributed by atoms with Crippen LogP contribution in [0.15, 0.2) is 0 Å². The second-order valence-corrected chi connectivity index (χ2v) is 5.22. The first-order valence-electron chi connectivity index (χ1n) is 6.78. The van der Waals surface area contributed by atoms with Crippen LogP contribution in [0.2, 0.25) is 0 Å². The van der Waals surface area contributed by atoms with E-state index in [2.05, 4.69) is 27.7 Å². The standard InChI is InChI=1S/C14H30O/c1-5-7-13(4)9-11-14(15)10-8-12(3)6-2/h12-15H,5-11H2,1-4H3. The maximum atomic E-state index is 9.81. The van der Waals surface area contributed by atoms with Crippen LogP contribution in [0.5, 0.6) is 0 Å². The molecule has 0 saturated carbocycles. The molecule has 0 fully saturated rings. The van der Waals surface area contributed by atoms with E-state index in [1.54, 1.807) is 0 Å². The van der Waals surface area contributed by atoms with E-state index in [1.165, 1.54) is 32.1 Å². The number of rotatable bonds is 9. The maximum absolute atomic E-state index is 9.81. The van der Waals surface area contributed by atoms with E-state index in [9.17, 15) is 5.11 Å². The van der Waals surface area contributed by atoms with Crippen LogP contribution in [0, 0.1) is 11.8 Å². The maximum Gasteiger partial charge on any atom is 0.0540 e. The molecule has 15 heavy (non-hydrogen) atoms. The largest absolute Gasteiger partial charge is 0.393 e. The summed E-state index contributed by atoms with van der Waals surface area (Å²) in [6.45, 7) is 9.02. The molecule has 0 aliphatic carbocycles. The van der Waals surface area contributed by atoms with Crippen molar-refractivity contribution < 1.29 is 5.11 Å². The molecule has 0 aromatic rings. The van der Waals surface area contributed by atoms with Gasteiger partial charge in [-0.1, -0.05) is 47.0 Å². The third-order valence-corrected chi connectivity index (χ3v) is 3.46. The first-order chi connectivity index (χ1) is 7.10. The van der Waals surface area contributed by atoms with E-state index in [0.717, 1.165) is 24.7 Å². The fraction of sp³-hybridized carbons (Fsp3) is 1.00. The third kappa shape index (κ3) is 8.92. The minimum atomic E-state index is -0.0571. The fourth-order valence-corrected chi connectivity index (χ4v) is 1.94. The van der Waals surface area contributed by atoms with E-state index >= 15 is 0 Å². The van der Waals surface area contributed by atoms with Crippen LogP contribution in [0.4, 0.5) is 0 Å². The number of aliphatic hydroxyl groups is 1. The molecule has 0 bridgehead atoms. The molecule has 3 unspecified atom stereocenters. The Morgan fingerprint density at radius 3 is 1.80 bits per heavy atom. The van der Waals surface area contributed by atoms with Gasteiger partial charge in [-0.3, -0.25) is 0 Å². The molecule has 92 valence electrons. The molecular weight excluding hydrogens is 184 g/mol. The van der Waals surface area contributed by atoms with Crippen LogP contribution in [-0.2, 0) is 0 Å². The lowest BCUT2D eigenvalue weighted by Gasteiger charge is -2.16. The van der Waals surface area contributed by atoms with Crippen molar-refractivity contribution in [1.29, 1.82) is 0 Å². The van der Waals surface area contributed by atoms with Crippen molar-refractivity contribution in [1.82, 2.24) is 0 Å². The topological polar surface area (TPSA) is 20.2 Å². The van der Waals surface area contributed by atoms with Gasteiger partial charge in [0.05, 0.1) is 6.10 Å². The van der Waals surface area contributed by atoms with Gasteiger partial charge < -0.3 is 5.11 Å². The van der Waals surface area contributed by atoms with E-state index in [-0.39, 0.29) is 6.10 Å². The summed E-state index contributed by atoms with van der Waals surface area (Å²) in [5, 5.41) is 9.81. The Kier molecular flexibility index (Phi) is 9.18. The number of hydrogen-bond acceptors (Lipinski definition) is 1. The van der Waals surface area contributed by atoms with Gasteiger partial charge in [0.25, 0.3) is 0 Å². The van der Waals surface area contributed by atoms with Crippen molar-refractivity contribution in [3.05, 3.63) is 0 Å². The van der Waals surface area contributed by atoms with Crippen molar-refractivity contribution in [3.8, 4) is 0 Å². The van der Waals surface area contributed by atoms with Crippen LogP contribution in [-0.4, -0.2) is 11.2 Å². The molecule has 0 aliphatic heterocycles. The van der Waals surface area contributed by atoms with E-state index in [4.69, 9.17) is 0 Å². The van der Waals surface area contributed by atoms with E-state index in [1.807, 2.05) is 0 Å². The van der Waals surface area contributed by atoms with Crippen molar-refractivity contribution >= 4 is 0 Å². The molecular formula is C14H30O. The molecule has 3 atom stereocenters.